The Labute approximate surface area is 218 Å². The molecule has 0 saturated carbocycles. The molecule has 0 amide bonds. The monoisotopic (exact) mass is 534 g/mol. The van der Waals surface area contributed by atoms with Crippen LogP contribution in [-0.2, 0) is 16.6 Å². The number of halogens is 1. The number of thiazole rings is 1. The summed E-state index contributed by atoms with van der Waals surface area (Å²) in [6, 6.07) is 28.8. The van der Waals surface area contributed by atoms with E-state index in [4.69, 9.17) is 11.6 Å². The van der Waals surface area contributed by atoms with Crippen molar-refractivity contribution in [3.8, 4) is 0 Å². The van der Waals surface area contributed by atoms with Gasteiger partial charge in [0.15, 0.2) is 0 Å². The summed E-state index contributed by atoms with van der Waals surface area (Å²) in [7, 11) is -3.89. The maximum Gasteiger partial charge on any atom is 0.308 e. The van der Waals surface area contributed by atoms with Crippen molar-refractivity contribution < 1.29 is 8.42 Å². The molecule has 4 aromatic carbocycles. The van der Waals surface area contributed by atoms with Crippen molar-refractivity contribution in [1.29, 1.82) is 0 Å². The number of aryl methyl sites for hydroxylation is 1. The highest BCUT2D eigenvalue weighted by atomic mass is 35.5. The van der Waals surface area contributed by atoms with Crippen molar-refractivity contribution in [3.63, 3.8) is 0 Å². The SMILES string of the molecule is Cc1ccc([C@H](NS(=O)(=O)c2ccc3c(c2)sc(=O)n3Cc2ccc(Cl)cc2)c2ccccc2)cc1. The van der Waals surface area contributed by atoms with E-state index in [1.165, 1.54) is 0 Å². The van der Waals surface area contributed by atoms with Crippen LogP contribution < -0.4 is 9.60 Å². The number of benzene rings is 4. The Morgan fingerprint density at radius 3 is 2.25 bits per heavy atom. The standard InChI is InChI=1S/C28H23ClN2O3S2/c1-19-7-11-22(12-8-19)27(21-5-3-2-4-6-21)30-36(33,34)24-15-16-25-26(17-24)35-28(32)31(25)18-20-9-13-23(29)14-10-20/h2-17,27,30H,18H2,1H3/t27-/m1/s1. The Kier molecular flexibility index (Phi) is 6.81. The molecule has 0 fully saturated rings. The highest BCUT2D eigenvalue weighted by Crippen LogP contribution is 2.27. The van der Waals surface area contributed by atoms with E-state index in [1.807, 2.05) is 73.7 Å². The molecule has 5 rings (SSSR count). The molecule has 0 aliphatic rings. The van der Waals surface area contributed by atoms with E-state index in [0.717, 1.165) is 33.6 Å². The lowest BCUT2D eigenvalue weighted by Gasteiger charge is -2.20. The molecule has 1 N–H and O–H groups in total. The van der Waals surface area contributed by atoms with Crippen LogP contribution in [0.2, 0.25) is 5.02 Å². The summed E-state index contributed by atoms with van der Waals surface area (Å²) in [5, 5.41) is 0.628. The predicted molar refractivity (Wildman–Crippen MR) is 146 cm³/mol. The van der Waals surface area contributed by atoms with E-state index >= 15 is 0 Å². The molecule has 5 nitrogen and oxygen atoms in total. The molecule has 182 valence electrons. The number of sulfonamides is 1. The molecule has 0 radical (unpaired) electrons. The number of nitrogens with zero attached hydrogens (tertiary/aromatic N) is 1. The summed E-state index contributed by atoms with van der Waals surface area (Å²) in [6.45, 7) is 2.37. The Morgan fingerprint density at radius 1 is 0.889 bits per heavy atom. The quantitative estimate of drug-likeness (QED) is 0.272. The third-order valence-corrected chi connectivity index (χ3v) is 8.63. The fourth-order valence-corrected chi connectivity index (χ4v) is 6.46. The average molecular weight is 535 g/mol. The first-order valence-corrected chi connectivity index (χ1v) is 14.0. The van der Waals surface area contributed by atoms with Crippen molar-refractivity contribution in [1.82, 2.24) is 9.29 Å². The van der Waals surface area contributed by atoms with Crippen LogP contribution in [0.3, 0.4) is 0 Å². The molecule has 0 saturated heterocycles. The van der Waals surface area contributed by atoms with E-state index in [1.54, 1.807) is 34.9 Å². The van der Waals surface area contributed by atoms with Gasteiger partial charge in [0, 0.05) is 5.02 Å². The first-order valence-electron chi connectivity index (χ1n) is 11.3. The molecule has 0 bridgehead atoms. The highest BCUT2D eigenvalue weighted by molar-refractivity contribution is 7.89. The second-order valence-corrected chi connectivity index (χ2v) is 11.7. The Hall–Kier alpha value is -3.23. The molecule has 1 aromatic heterocycles. The fraction of sp³-hybridized carbons (Fsp3) is 0.107. The van der Waals surface area contributed by atoms with Crippen molar-refractivity contribution in [2.75, 3.05) is 0 Å². The topological polar surface area (TPSA) is 68.2 Å². The molecule has 0 aliphatic carbocycles. The zero-order valence-electron chi connectivity index (χ0n) is 19.4. The normalized spacial score (nSPS) is 12.6. The van der Waals surface area contributed by atoms with Gasteiger partial charge in [-0.25, -0.2) is 8.42 Å². The minimum absolute atomic E-state index is 0.114. The van der Waals surface area contributed by atoms with E-state index in [0.29, 0.717) is 21.8 Å². The number of hydrogen-bond donors (Lipinski definition) is 1. The maximum absolute atomic E-state index is 13.5. The van der Waals surface area contributed by atoms with E-state index in [2.05, 4.69) is 4.72 Å². The van der Waals surface area contributed by atoms with Gasteiger partial charge in [-0.1, -0.05) is 95.2 Å². The molecular formula is C28H23ClN2O3S2. The van der Waals surface area contributed by atoms with Gasteiger partial charge in [-0.2, -0.15) is 4.72 Å². The summed E-state index contributed by atoms with van der Waals surface area (Å²) in [4.78, 5) is 12.7. The minimum atomic E-state index is -3.89. The van der Waals surface area contributed by atoms with Crippen molar-refractivity contribution in [2.45, 2.75) is 24.4 Å². The van der Waals surface area contributed by atoms with Gasteiger partial charge in [-0.15, -0.1) is 0 Å². The highest BCUT2D eigenvalue weighted by Gasteiger charge is 2.24. The molecule has 5 aromatic rings. The van der Waals surface area contributed by atoms with Crippen LogP contribution in [0.15, 0.2) is 107 Å². The van der Waals surface area contributed by atoms with Crippen LogP contribution in [0.25, 0.3) is 10.2 Å². The summed E-state index contributed by atoms with van der Waals surface area (Å²) in [6.07, 6.45) is 0. The number of hydrogen-bond acceptors (Lipinski definition) is 4. The fourth-order valence-electron chi connectivity index (χ4n) is 4.09. The number of rotatable bonds is 7. The van der Waals surface area contributed by atoms with Gasteiger partial charge >= 0.3 is 4.87 Å². The molecule has 8 heteroatoms. The molecule has 1 heterocycles. The molecule has 0 spiro atoms. The number of nitrogens with one attached hydrogen (secondary N) is 1. The average Bonchev–Trinajstić information content (AvgIpc) is 3.19. The summed E-state index contributed by atoms with van der Waals surface area (Å²) in [5.41, 5.74) is 4.40. The molecule has 0 aliphatic heterocycles. The van der Waals surface area contributed by atoms with Gasteiger partial charge in [-0.05, 0) is 53.9 Å². The van der Waals surface area contributed by atoms with Crippen LogP contribution in [0.1, 0.15) is 28.3 Å². The molecule has 1 atom stereocenters. The second-order valence-electron chi connectivity index (χ2n) is 8.59. The lowest BCUT2D eigenvalue weighted by atomic mass is 9.99. The van der Waals surface area contributed by atoms with Crippen LogP contribution in [-0.4, -0.2) is 13.0 Å². The lowest BCUT2D eigenvalue weighted by Crippen LogP contribution is -2.29. The van der Waals surface area contributed by atoms with Crippen LogP contribution >= 0.6 is 22.9 Å². The van der Waals surface area contributed by atoms with Gasteiger partial charge < -0.3 is 0 Å². The predicted octanol–water partition coefficient (Wildman–Crippen LogP) is 6.14. The first kappa shape index (κ1) is 24.5. The van der Waals surface area contributed by atoms with Crippen LogP contribution in [0, 0.1) is 6.92 Å². The zero-order valence-corrected chi connectivity index (χ0v) is 21.8. The lowest BCUT2D eigenvalue weighted by molar-refractivity contribution is 0.572. The molecular weight excluding hydrogens is 512 g/mol. The van der Waals surface area contributed by atoms with Crippen molar-refractivity contribution in [3.05, 3.63) is 134 Å². The van der Waals surface area contributed by atoms with Gasteiger partial charge in [0.2, 0.25) is 10.0 Å². The molecule has 36 heavy (non-hydrogen) atoms. The minimum Gasteiger partial charge on any atom is -0.294 e. The van der Waals surface area contributed by atoms with Gasteiger partial charge in [0.05, 0.1) is 27.7 Å². The summed E-state index contributed by atoms with van der Waals surface area (Å²) < 4.78 is 32.2. The summed E-state index contributed by atoms with van der Waals surface area (Å²) >= 11 is 7.01. The van der Waals surface area contributed by atoms with Gasteiger partial charge in [0.1, 0.15) is 0 Å². The largest absolute Gasteiger partial charge is 0.308 e. The smallest absolute Gasteiger partial charge is 0.294 e. The zero-order chi connectivity index (χ0) is 25.3. The summed E-state index contributed by atoms with van der Waals surface area (Å²) in [5.74, 6) is 0. The Morgan fingerprint density at radius 2 is 1.56 bits per heavy atom. The maximum atomic E-state index is 13.5. The van der Waals surface area contributed by atoms with Crippen LogP contribution in [0.5, 0.6) is 0 Å². The number of aromatic nitrogens is 1. The third-order valence-electron chi connectivity index (χ3n) is 6.02. The van der Waals surface area contributed by atoms with Crippen molar-refractivity contribution >= 4 is 43.2 Å². The van der Waals surface area contributed by atoms with E-state index in [9.17, 15) is 13.2 Å². The Bertz CT molecular complexity index is 1680. The van der Waals surface area contributed by atoms with Gasteiger partial charge in [0.25, 0.3) is 0 Å². The third kappa shape index (κ3) is 5.15. The van der Waals surface area contributed by atoms with Crippen LogP contribution in [0.4, 0.5) is 0 Å². The van der Waals surface area contributed by atoms with Crippen molar-refractivity contribution in [2.24, 2.45) is 0 Å². The van der Waals surface area contributed by atoms with Gasteiger partial charge in [-0.3, -0.25) is 9.36 Å². The molecule has 0 unspecified atom stereocenters. The number of fused-ring (bicyclic) bond motifs is 1. The second kappa shape index (κ2) is 10.0. The van der Waals surface area contributed by atoms with E-state index < -0.39 is 16.1 Å². The van der Waals surface area contributed by atoms with E-state index in [-0.39, 0.29) is 9.77 Å². The Balaban J connectivity index is 1.49. The first-order chi connectivity index (χ1) is 17.3.